The van der Waals surface area contributed by atoms with Gasteiger partial charge in [-0.3, -0.25) is 0 Å². The normalized spacial score (nSPS) is 31.5. The standard InChI is InChI=1S/C10H16ClN3S/c1-6-4-3-5-8(7(6)2)12-10-9(11)13-15-14-10/h6-8H,3-5H2,1-2H3,(H,12,14). The molecular weight excluding hydrogens is 230 g/mol. The molecule has 1 aromatic rings. The van der Waals surface area contributed by atoms with Gasteiger partial charge in [0.1, 0.15) is 0 Å². The molecule has 0 saturated heterocycles. The van der Waals surface area contributed by atoms with Crippen LogP contribution in [0.3, 0.4) is 0 Å². The van der Waals surface area contributed by atoms with E-state index in [4.69, 9.17) is 11.6 Å². The first-order chi connectivity index (χ1) is 7.18. The highest BCUT2D eigenvalue weighted by atomic mass is 35.5. The van der Waals surface area contributed by atoms with E-state index in [0.29, 0.717) is 17.1 Å². The third-order valence-electron chi connectivity index (χ3n) is 3.48. The number of nitrogens with one attached hydrogen (secondary N) is 1. The zero-order valence-corrected chi connectivity index (χ0v) is 10.6. The van der Waals surface area contributed by atoms with E-state index < -0.39 is 0 Å². The highest BCUT2D eigenvalue weighted by Crippen LogP contribution is 2.32. The predicted octanol–water partition coefficient (Wildman–Crippen LogP) is 3.43. The summed E-state index contributed by atoms with van der Waals surface area (Å²) >= 11 is 7.08. The van der Waals surface area contributed by atoms with E-state index in [-0.39, 0.29) is 0 Å². The molecule has 1 aliphatic carbocycles. The molecule has 0 radical (unpaired) electrons. The first-order valence-electron chi connectivity index (χ1n) is 5.43. The summed E-state index contributed by atoms with van der Waals surface area (Å²) in [5.74, 6) is 2.21. The van der Waals surface area contributed by atoms with Crippen molar-refractivity contribution >= 4 is 29.1 Å². The Morgan fingerprint density at radius 3 is 2.80 bits per heavy atom. The van der Waals surface area contributed by atoms with Gasteiger partial charge < -0.3 is 5.32 Å². The van der Waals surface area contributed by atoms with Gasteiger partial charge in [0, 0.05) is 6.04 Å². The monoisotopic (exact) mass is 245 g/mol. The minimum Gasteiger partial charge on any atom is -0.364 e. The van der Waals surface area contributed by atoms with Crippen molar-refractivity contribution in [1.82, 2.24) is 8.75 Å². The van der Waals surface area contributed by atoms with Crippen molar-refractivity contribution in [2.75, 3.05) is 5.32 Å². The van der Waals surface area contributed by atoms with E-state index in [1.165, 1.54) is 19.3 Å². The van der Waals surface area contributed by atoms with Crippen molar-refractivity contribution in [1.29, 1.82) is 0 Å². The molecule has 1 heterocycles. The topological polar surface area (TPSA) is 37.8 Å². The molecule has 84 valence electrons. The Morgan fingerprint density at radius 2 is 2.13 bits per heavy atom. The van der Waals surface area contributed by atoms with Crippen LogP contribution in [-0.4, -0.2) is 14.8 Å². The van der Waals surface area contributed by atoms with Crippen molar-refractivity contribution in [3.05, 3.63) is 5.15 Å². The van der Waals surface area contributed by atoms with Crippen LogP contribution in [-0.2, 0) is 0 Å². The molecule has 0 amide bonds. The molecule has 5 heteroatoms. The maximum atomic E-state index is 5.92. The van der Waals surface area contributed by atoms with Crippen LogP contribution in [0.25, 0.3) is 0 Å². The second kappa shape index (κ2) is 4.66. The lowest BCUT2D eigenvalue weighted by Gasteiger charge is -2.34. The van der Waals surface area contributed by atoms with Crippen LogP contribution in [0.15, 0.2) is 0 Å². The number of hydrogen-bond acceptors (Lipinski definition) is 4. The van der Waals surface area contributed by atoms with Gasteiger partial charge in [0.15, 0.2) is 11.0 Å². The molecule has 1 aromatic heterocycles. The summed E-state index contributed by atoms with van der Waals surface area (Å²) in [5, 5.41) is 3.92. The quantitative estimate of drug-likeness (QED) is 0.868. The third kappa shape index (κ3) is 2.42. The van der Waals surface area contributed by atoms with E-state index in [2.05, 4.69) is 27.9 Å². The van der Waals surface area contributed by atoms with E-state index >= 15 is 0 Å². The Balaban J connectivity index is 2.02. The average Bonchev–Trinajstić information content (AvgIpc) is 2.60. The van der Waals surface area contributed by atoms with Gasteiger partial charge in [0.2, 0.25) is 0 Å². The lowest BCUT2D eigenvalue weighted by Crippen LogP contribution is -2.35. The van der Waals surface area contributed by atoms with Gasteiger partial charge >= 0.3 is 0 Å². The molecule has 3 unspecified atom stereocenters. The summed E-state index contributed by atoms with van der Waals surface area (Å²) in [4.78, 5) is 0. The van der Waals surface area contributed by atoms with Gasteiger partial charge in [-0.2, -0.15) is 8.75 Å². The summed E-state index contributed by atoms with van der Waals surface area (Å²) < 4.78 is 8.12. The van der Waals surface area contributed by atoms with Crippen molar-refractivity contribution in [3.63, 3.8) is 0 Å². The van der Waals surface area contributed by atoms with Crippen LogP contribution in [0.2, 0.25) is 5.15 Å². The number of halogens is 1. The van der Waals surface area contributed by atoms with Gasteiger partial charge in [-0.05, 0) is 18.3 Å². The minimum absolute atomic E-state index is 0.496. The van der Waals surface area contributed by atoms with Gasteiger partial charge in [-0.25, -0.2) is 0 Å². The molecule has 0 bridgehead atoms. The van der Waals surface area contributed by atoms with E-state index in [1.807, 2.05) is 0 Å². The summed E-state index contributed by atoms with van der Waals surface area (Å²) in [6, 6.07) is 0.496. The van der Waals surface area contributed by atoms with Crippen LogP contribution >= 0.6 is 23.3 Å². The van der Waals surface area contributed by atoms with Gasteiger partial charge in [0.25, 0.3) is 0 Å². The molecule has 15 heavy (non-hydrogen) atoms. The van der Waals surface area contributed by atoms with Gasteiger partial charge in [-0.1, -0.05) is 38.3 Å². The van der Waals surface area contributed by atoms with Crippen LogP contribution in [0, 0.1) is 11.8 Å². The zero-order valence-electron chi connectivity index (χ0n) is 9.03. The molecule has 1 saturated carbocycles. The largest absolute Gasteiger partial charge is 0.364 e. The fourth-order valence-electron chi connectivity index (χ4n) is 2.23. The lowest BCUT2D eigenvalue weighted by atomic mass is 9.78. The van der Waals surface area contributed by atoms with Gasteiger partial charge in [0.05, 0.1) is 11.7 Å². The third-order valence-corrected chi connectivity index (χ3v) is 4.37. The first kappa shape index (κ1) is 11.1. The number of anilines is 1. The Labute approximate surface area is 99.6 Å². The van der Waals surface area contributed by atoms with Crippen molar-refractivity contribution in [2.24, 2.45) is 11.8 Å². The van der Waals surface area contributed by atoms with Crippen LogP contribution in [0.5, 0.6) is 0 Å². The second-order valence-electron chi connectivity index (χ2n) is 4.42. The van der Waals surface area contributed by atoms with Crippen molar-refractivity contribution in [3.8, 4) is 0 Å². The number of nitrogens with zero attached hydrogens (tertiary/aromatic N) is 2. The summed E-state index contributed by atoms with van der Waals surface area (Å²) in [7, 11) is 0. The summed E-state index contributed by atoms with van der Waals surface area (Å²) in [6.07, 6.45) is 3.83. The second-order valence-corrected chi connectivity index (χ2v) is 5.31. The Kier molecular flexibility index (Phi) is 3.46. The smallest absolute Gasteiger partial charge is 0.186 e. The molecule has 0 aromatic carbocycles. The fraction of sp³-hybridized carbons (Fsp3) is 0.800. The van der Waals surface area contributed by atoms with E-state index in [0.717, 1.165) is 23.5 Å². The highest BCUT2D eigenvalue weighted by Gasteiger charge is 2.27. The van der Waals surface area contributed by atoms with Crippen LogP contribution in [0.1, 0.15) is 33.1 Å². The zero-order chi connectivity index (χ0) is 10.8. The molecule has 2 rings (SSSR count). The highest BCUT2D eigenvalue weighted by molar-refractivity contribution is 6.99. The Hall–Kier alpha value is -0.350. The predicted molar refractivity (Wildman–Crippen MR) is 64.5 cm³/mol. The lowest BCUT2D eigenvalue weighted by molar-refractivity contribution is 0.253. The molecule has 3 atom stereocenters. The fourth-order valence-corrected chi connectivity index (χ4v) is 2.88. The van der Waals surface area contributed by atoms with Crippen molar-refractivity contribution < 1.29 is 0 Å². The van der Waals surface area contributed by atoms with E-state index in [1.54, 1.807) is 0 Å². The molecular formula is C10H16ClN3S. The molecule has 0 aliphatic heterocycles. The summed E-state index contributed by atoms with van der Waals surface area (Å²) in [6.45, 7) is 4.62. The minimum atomic E-state index is 0.496. The Morgan fingerprint density at radius 1 is 1.33 bits per heavy atom. The SMILES string of the molecule is CC1CCCC(Nc2nsnc2Cl)C1C. The molecule has 3 nitrogen and oxygen atoms in total. The summed E-state index contributed by atoms with van der Waals surface area (Å²) in [5.41, 5.74) is 0. The number of aromatic nitrogens is 2. The molecule has 0 spiro atoms. The van der Waals surface area contributed by atoms with Crippen LogP contribution < -0.4 is 5.32 Å². The molecule has 1 fully saturated rings. The molecule has 1 aliphatic rings. The Bertz CT molecular complexity index is 328. The maximum absolute atomic E-state index is 5.92. The van der Waals surface area contributed by atoms with E-state index in [9.17, 15) is 0 Å². The number of rotatable bonds is 2. The molecule has 1 N–H and O–H groups in total. The first-order valence-corrected chi connectivity index (χ1v) is 6.54. The van der Waals surface area contributed by atoms with Gasteiger partial charge in [-0.15, -0.1) is 0 Å². The van der Waals surface area contributed by atoms with Crippen LogP contribution in [0.4, 0.5) is 5.82 Å². The van der Waals surface area contributed by atoms with Crippen molar-refractivity contribution in [2.45, 2.75) is 39.2 Å². The number of hydrogen-bond donors (Lipinski definition) is 1. The average molecular weight is 246 g/mol. The maximum Gasteiger partial charge on any atom is 0.186 e.